The van der Waals surface area contributed by atoms with Crippen LogP contribution in [0.5, 0.6) is 0 Å². The van der Waals surface area contributed by atoms with Crippen molar-refractivity contribution < 1.29 is 13.6 Å². The van der Waals surface area contributed by atoms with Gasteiger partial charge in [-0.2, -0.15) is 0 Å². The summed E-state index contributed by atoms with van der Waals surface area (Å²) < 4.78 is 26.3. The molecule has 0 saturated heterocycles. The molecule has 7 heteroatoms. The first-order valence-electron chi connectivity index (χ1n) is 8.70. The normalized spacial score (nSPS) is 10.6. The van der Waals surface area contributed by atoms with E-state index in [-0.39, 0.29) is 11.4 Å². The fourth-order valence-electron chi connectivity index (χ4n) is 2.75. The molecular weight excluding hydrogens is 374 g/mol. The Labute approximate surface area is 165 Å². The summed E-state index contributed by atoms with van der Waals surface area (Å²) in [4.78, 5) is 25.6. The molecule has 0 saturated carbocycles. The summed E-state index contributed by atoms with van der Waals surface area (Å²) in [6.45, 7) is 0. The van der Waals surface area contributed by atoms with Crippen LogP contribution in [0.25, 0.3) is 22.6 Å². The van der Waals surface area contributed by atoms with Gasteiger partial charge in [-0.1, -0.05) is 0 Å². The number of aromatic nitrogens is 3. The number of anilines is 1. The smallest absolute Gasteiger partial charge is 0.259 e. The molecule has 0 aliphatic heterocycles. The lowest BCUT2D eigenvalue weighted by molar-refractivity contribution is 0.102. The van der Waals surface area contributed by atoms with Crippen molar-refractivity contribution in [1.29, 1.82) is 0 Å². The highest BCUT2D eigenvalue weighted by atomic mass is 19.1. The van der Waals surface area contributed by atoms with Crippen molar-refractivity contribution in [2.24, 2.45) is 0 Å². The highest BCUT2D eigenvalue weighted by Gasteiger charge is 2.17. The van der Waals surface area contributed by atoms with E-state index in [4.69, 9.17) is 0 Å². The Bertz CT molecular complexity index is 1150. The Morgan fingerprint density at radius 2 is 1.41 bits per heavy atom. The molecule has 4 aromatic rings. The van der Waals surface area contributed by atoms with Crippen molar-refractivity contribution in [3.63, 3.8) is 0 Å². The van der Waals surface area contributed by atoms with Gasteiger partial charge in [-0.25, -0.2) is 18.7 Å². The third-order valence-electron chi connectivity index (χ3n) is 4.19. The second-order valence-electron chi connectivity index (χ2n) is 6.16. The third-order valence-corrected chi connectivity index (χ3v) is 4.19. The highest BCUT2D eigenvalue weighted by Crippen LogP contribution is 2.25. The van der Waals surface area contributed by atoms with Crippen LogP contribution in [-0.4, -0.2) is 20.9 Å². The SMILES string of the molecule is O=C(Nc1ccc(F)cc1)c1cnc(-c2ccc(F)cc2)nc1-c1ccncc1. The number of benzene rings is 2. The monoisotopic (exact) mass is 388 g/mol. The second-order valence-corrected chi connectivity index (χ2v) is 6.16. The van der Waals surface area contributed by atoms with Gasteiger partial charge in [0.2, 0.25) is 0 Å². The lowest BCUT2D eigenvalue weighted by Crippen LogP contribution is -2.15. The van der Waals surface area contributed by atoms with Crippen LogP contribution in [0.1, 0.15) is 10.4 Å². The fraction of sp³-hybridized carbons (Fsp3) is 0. The quantitative estimate of drug-likeness (QED) is 0.549. The summed E-state index contributed by atoms with van der Waals surface area (Å²) in [5.74, 6) is -0.838. The maximum Gasteiger partial charge on any atom is 0.259 e. The van der Waals surface area contributed by atoms with Gasteiger partial charge in [0.15, 0.2) is 5.82 Å². The van der Waals surface area contributed by atoms with Gasteiger partial charge in [-0.3, -0.25) is 9.78 Å². The van der Waals surface area contributed by atoms with Crippen LogP contribution in [0, 0.1) is 11.6 Å². The van der Waals surface area contributed by atoms with Gasteiger partial charge < -0.3 is 5.32 Å². The summed E-state index contributed by atoms with van der Waals surface area (Å²) >= 11 is 0. The molecule has 5 nitrogen and oxygen atoms in total. The van der Waals surface area contributed by atoms with E-state index < -0.39 is 11.7 Å². The van der Waals surface area contributed by atoms with Crippen LogP contribution in [0.2, 0.25) is 0 Å². The molecule has 0 fully saturated rings. The standard InChI is InChI=1S/C22H14F2N4O/c23-16-3-1-15(2-4-16)21-26-13-19(20(28-21)14-9-11-25-12-10-14)22(29)27-18-7-5-17(24)6-8-18/h1-13H,(H,27,29). The molecule has 0 radical (unpaired) electrons. The van der Waals surface area contributed by atoms with Crippen molar-refractivity contribution in [1.82, 2.24) is 15.0 Å². The summed E-state index contributed by atoms with van der Waals surface area (Å²) in [5, 5.41) is 2.71. The van der Waals surface area contributed by atoms with Gasteiger partial charge in [0.25, 0.3) is 5.91 Å². The Hall–Kier alpha value is -4.00. The molecule has 142 valence electrons. The molecule has 1 amide bonds. The predicted octanol–water partition coefficient (Wildman–Crippen LogP) is 4.74. The zero-order valence-corrected chi connectivity index (χ0v) is 15.0. The number of hydrogen-bond donors (Lipinski definition) is 1. The molecule has 4 rings (SSSR count). The van der Waals surface area contributed by atoms with Crippen LogP contribution < -0.4 is 5.32 Å². The average molecular weight is 388 g/mol. The maximum atomic E-state index is 13.2. The van der Waals surface area contributed by atoms with E-state index in [0.29, 0.717) is 28.3 Å². The van der Waals surface area contributed by atoms with Gasteiger partial charge in [-0.05, 0) is 60.7 Å². The van der Waals surface area contributed by atoms with Gasteiger partial charge in [0.05, 0.1) is 11.3 Å². The molecule has 0 atom stereocenters. The largest absolute Gasteiger partial charge is 0.322 e. The number of carbonyl (C=O) groups excluding carboxylic acids is 1. The van der Waals surface area contributed by atoms with Crippen molar-refractivity contribution in [3.8, 4) is 22.6 Å². The fourth-order valence-corrected chi connectivity index (χ4v) is 2.75. The first kappa shape index (κ1) is 18.4. The van der Waals surface area contributed by atoms with E-state index >= 15 is 0 Å². The van der Waals surface area contributed by atoms with Gasteiger partial charge in [0.1, 0.15) is 11.6 Å². The zero-order valence-electron chi connectivity index (χ0n) is 15.0. The number of hydrogen-bond acceptors (Lipinski definition) is 4. The van der Waals surface area contributed by atoms with E-state index in [1.807, 2.05) is 0 Å². The first-order valence-corrected chi connectivity index (χ1v) is 8.70. The molecule has 0 unspecified atom stereocenters. The van der Waals surface area contributed by atoms with E-state index in [9.17, 15) is 13.6 Å². The van der Waals surface area contributed by atoms with Crippen molar-refractivity contribution in [2.45, 2.75) is 0 Å². The van der Waals surface area contributed by atoms with Crippen molar-refractivity contribution in [2.75, 3.05) is 5.32 Å². The second kappa shape index (κ2) is 7.93. The topological polar surface area (TPSA) is 67.8 Å². The molecule has 0 aliphatic carbocycles. The Balaban J connectivity index is 1.75. The van der Waals surface area contributed by atoms with E-state index in [1.54, 1.807) is 36.7 Å². The number of carbonyl (C=O) groups is 1. The van der Waals surface area contributed by atoms with Crippen LogP contribution in [0.3, 0.4) is 0 Å². The molecule has 1 N–H and O–H groups in total. The Morgan fingerprint density at radius 3 is 2.07 bits per heavy atom. The van der Waals surface area contributed by atoms with Crippen LogP contribution in [-0.2, 0) is 0 Å². The summed E-state index contributed by atoms with van der Waals surface area (Å²) in [7, 11) is 0. The lowest BCUT2D eigenvalue weighted by Gasteiger charge is -2.11. The van der Waals surface area contributed by atoms with E-state index in [1.165, 1.54) is 42.6 Å². The highest BCUT2D eigenvalue weighted by molar-refractivity contribution is 6.08. The van der Waals surface area contributed by atoms with Crippen molar-refractivity contribution >= 4 is 11.6 Å². The third kappa shape index (κ3) is 4.14. The number of amides is 1. The number of nitrogens with one attached hydrogen (secondary N) is 1. The van der Waals surface area contributed by atoms with E-state index in [0.717, 1.165) is 0 Å². The predicted molar refractivity (Wildman–Crippen MR) is 105 cm³/mol. The minimum absolute atomic E-state index is 0.242. The van der Waals surface area contributed by atoms with Gasteiger partial charge >= 0.3 is 0 Å². The Kier molecular flexibility index (Phi) is 5.03. The first-order chi connectivity index (χ1) is 14.1. The number of rotatable bonds is 4. The Morgan fingerprint density at radius 1 is 0.793 bits per heavy atom. The molecule has 0 spiro atoms. The minimum atomic E-state index is -0.436. The molecular formula is C22H14F2N4O. The number of nitrogens with zero attached hydrogens (tertiary/aromatic N) is 3. The maximum absolute atomic E-state index is 13.2. The van der Waals surface area contributed by atoms with Gasteiger partial charge in [-0.15, -0.1) is 0 Å². The van der Waals surface area contributed by atoms with Crippen molar-refractivity contribution in [3.05, 3.63) is 96.5 Å². The molecule has 0 aliphatic rings. The zero-order chi connectivity index (χ0) is 20.2. The van der Waals surface area contributed by atoms with Crippen LogP contribution in [0.15, 0.2) is 79.3 Å². The van der Waals surface area contributed by atoms with Crippen LogP contribution in [0.4, 0.5) is 14.5 Å². The summed E-state index contributed by atoms with van der Waals surface area (Å²) in [6, 6.07) is 14.7. The van der Waals surface area contributed by atoms with E-state index in [2.05, 4.69) is 20.3 Å². The molecule has 2 aromatic carbocycles. The van der Waals surface area contributed by atoms with Gasteiger partial charge in [0, 0.05) is 35.4 Å². The summed E-state index contributed by atoms with van der Waals surface area (Å²) in [5.41, 5.74) is 2.38. The molecule has 0 bridgehead atoms. The lowest BCUT2D eigenvalue weighted by atomic mass is 10.1. The number of halogens is 2. The average Bonchev–Trinajstić information content (AvgIpc) is 2.76. The molecule has 2 heterocycles. The number of pyridine rings is 1. The minimum Gasteiger partial charge on any atom is -0.322 e. The van der Waals surface area contributed by atoms with Crippen LogP contribution >= 0.6 is 0 Å². The molecule has 2 aromatic heterocycles. The summed E-state index contributed by atoms with van der Waals surface area (Å²) in [6.07, 6.45) is 4.60. The molecule has 29 heavy (non-hydrogen) atoms.